The van der Waals surface area contributed by atoms with Gasteiger partial charge in [-0.15, -0.1) is 0 Å². The van der Waals surface area contributed by atoms with E-state index in [-0.39, 0.29) is 0 Å². The van der Waals surface area contributed by atoms with E-state index < -0.39 is 0 Å². The molecule has 47 heavy (non-hydrogen) atoms. The van der Waals surface area contributed by atoms with E-state index in [1.165, 1.54) is 21.7 Å². The molecule has 0 N–H and O–H groups in total. The predicted octanol–water partition coefficient (Wildman–Crippen LogP) is 10.4. The fourth-order valence-electron chi connectivity index (χ4n) is 5.73. The maximum atomic E-state index is 5.22. The van der Waals surface area contributed by atoms with Crippen LogP contribution in [0.15, 0.2) is 116 Å². The van der Waals surface area contributed by atoms with E-state index in [0.717, 1.165) is 68.7 Å². The first-order valence-electron chi connectivity index (χ1n) is 16.4. The third-order valence-electron chi connectivity index (χ3n) is 8.00. The summed E-state index contributed by atoms with van der Waals surface area (Å²) in [6.45, 7) is 14.5. The molecule has 0 saturated carbocycles. The summed E-state index contributed by atoms with van der Waals surface area (Å²) in [6.07, 6.45) is 24.6. The van der Waals surface area contributed by atoms with Crippen molar-refractivity contribution in [3.05, 3.63) is 149 Å². The number of nitrogens with zero attached hydrogens (tertiary/aromatic N) is 3. The lowest BCUT2D eigenvalue weighted by Gasteiger charge is -2.13. The Morgan fingerprint density at radius 2 is 1.38 bits per heavy atom. The van der Waals surface area contributed by atoms with E-state index in [0.29, 0.717) is 0 Å². The first-order valence-corrected chi connectivity index (χ1v) is 16.4. The lowest BCUT2D eigenvalue weighted by Crippen LogP contribution is -2.30. The number of aryl methyl sites for hydroxylation is 2. The average molecular weight is 614 g/mol. The van der Waals surface area contributed by atoms with Crippen LogP contribution in [0.5, 0.6) is 0 Å². The number of rotatable bonds is 10. The topological polar surface area (TPSA) is 38.7 Å². The Hall–Kier alpha value is -5.41. The highest BCUT2D eigenvalue weighted by Gasteiger charge is 2.13. The van der Waals surface area contributed by atoms with E-state index in [1.54, 1.807) is 0 Å². The van der Waals surface area contributed by atoms with Crippen molar-refractivity contribution in [2.45, 2.75) is 47.5 Å². The van der Waals surface area contributed by atoms with Gasteiger partial charge in [-0.3, -0.25) is 0 Å². The highest BCUT2D eigenvalue weighted by molar-refractivity contribution is 6.00. The van der Waals surface area contributed by atoms with Gasteiger partial charge >= 0.3 is 0 Å². The Labute approximate surface area is 279 Å². The zero-order chi connectivity index (χ0) is 33.2. The second-order valence-corrected chi connectivity index (χ2v) is 11.5. The van der Waals surface area contributed by atoms with Crippen molar-refractivity contribution in [2.24, 2.45) is 0 Å². The monoisotopic (exact) mass is 613 g/mol. The van der Waals surface area contributed by atoms with Gasteiger partial charge in [-0.25, -0.2) is 15.0 Å². The van der Waals surface area contributed by atoms with Crippen molar-refractivity contribution >= 4 is 35.1 Å². The van der Waals surface area contributed by atoms with Crippen LogP contribution >= 0.6 is 0 Å². The summed E-state index contributed by atoms with van der Waals surface area (Å²) in [5.74, 6) is 0.723. The van der Waals surface area contributed by atoms with Gasteiger partial charge in [0.2, 0.25) is 0 Å². The van der Waals surface area contributed by atoms with Crippen molar-refractivity contribution in [3.63, 3.8) is 0 Å². The van der Waals surface area contributed by atoms with Crippen molar-refractivity contribution in [3.8, 4) is 33.8 Å². The number of allylic oxidation sites excluding steroid dienone is 7. The number of fused-ring (bicyclic) bond motifs is 1. The normalized spacial score (nSPS) is 13.0. The summed E-state index contributed by atoms with van der Waals surface area (Å²) >= 11 is 0. The standard InChI is InChI=1S/C44H43N3/c1-7-11-13-14-15-18-37-30-32(6)45-44(46-37)36-27-23-34(24-28-36)33-21-25-35(26-22-33)43-40-29-20-31(5)38(19-12-8-2)42(40)39(16-9-3)41(47-43)17-10-4/h7,10-30H,4,8-9H2,1-3,5-6H3/b11-7-,14-13-,18-15+,19-12-,39-16+,41-17+. The molecule has 0 fully saturated rings. The molecule has 234 valence electrons. The van der Waals surface area contributed by atoms with Crippen LogP contribution in [0.2, 0.25) is 0 Å². The third-order valence-corrected chi connectivity index (χ3v) is 8.00. The van der Waals surface area contributed by atoms with Gasteiger partial charge in [0.15, 0.2) is 5.82 Å². The van der Waals surface area contributed by atoms with Crippen LogP contribution in [0.1, 0.15) is 56.1 Å². The summed E-state index contributed by atoms with van der Waals surface area (Å²) in [5.41, 5.74) is 9.66. The summed E-state index contributed by atoms with van der Waals surface area (Å²) in [4.78, 5) is 14.7. The van der Waals surface area contributed by atoms with E-state index in [9.17, 15) is 0 Å². The second-order valence-electron chi connectivity index (χ2n) is 11.5. The van der Waals surface area contributed by atoms with Gasteiger partial charge in [0.05, 0.1) is 16.7 Å². The van der Waals surface area contributed by atoms with E-state index in [1.807, 2.05) is 68.5 Å². The minimum Gasteiger partial charge on any atom is -0.247 e. The molecule has 0 unspecified atom stereocenters. The van der Waals surface area contributed by atoms with Crippen molar-refractivity contribution < 1.29 is 0 Å². The molecular weight excluding hydrogens is 571 g/mol. The molecule has 3 nitrogen and oxygen atoms in total. The largest absolute Gasteiger partial charge is 0.247 e. The Balaban J connectivity index is 1.52. The fraction of sp³-hybridized carbons (Fsp3) is 0.159. The third kappa shape index (κ3) is 7.70. The lowest BCUT2D eigenvalue weighted by molar-refractivity contribution is 1.10. The van der Waals surface area contributed by atoms with Gasteiger partial charge in [0, 0.05) is 32.8 Å². The molecule has 0 amide bonds. The number of pyridine rings is 1. The number of hydrogen-bond donors (Lipinski definition) is 0. The summed E-state index contributed by atoms with van der Waals surface area (Å²) in [7, 11) is 0. The maximum Gasteiger partial charge on any atom is 0.159 e. The minimum atomic E-state index is 0.723. The summed E-state index contributed by atoms with van der Waals surface area (Å²) in [6, 6.07) is 23.6. The average Bonchev–Trinajstić information content (AvgIpc) is 3.08. The van der Waals surface area contributed by atoms with Crippen LogP contribution in [-0.4, -0.2) is 15.0 Å². The molecule has 3 heteroatoms. The Bertz CT molecular complexity index is 2130. The summed E-state index contributed by atoms with van der Waals surface area (Å²) < 4.78 is 0. The fourth-order valence-corrected chi connectivity index (χ4v) is 5.73. The smallest absolute Gasteiger partial charge is 0.159 e. The lowest BCUT2D eigenvalue weighted by atomic mass is 9.93. The molecule has 2 aromatic heterocycles. The van der Waals surface area contributed by atoms with Gasteiger partial charge in [-0.1, -0.05) is 136 Å². The highest BCUT2D eigenvalue weighted by Crippen LogP contribution is 2.31. The number of benzene rings is 3. The molecule has 0 aliphatic carbocycles. The summed E-state index contributed by atoms with van der Waals surface area (Å²) in [5, 5.41) is 4.52. The van der Waals surface area contributed by atoms with Gasteiger partial charge in [0.1, 0.15) is 0 Å². The molecule has 5 aromatic rings. The van der Waals surface area contributed by atoms with Crippen LogP contribution in [0, 0.1) is 13.8 Å². The quantitative estimate of drug-likeness (QED) is 0.147. The molecule has 0 radical (unpaired) electrons. The molecule has 0 bridgehead atoms. The number of aromatic nitrogens is 3. The first kappa shape index (κ1) is 33.0. The zero-order valence-corrected chi connectivity index (χ0v) is 28.2. The molecule has 3 aromatic carbocycles. The Morgan fingerprint density at radius 1 is 0.702 bits per heavy atom. The zero-order valence-electron chi connectivity index (χ0n) is 28.2. The van der Waals surface area contributed by atoms with Gasteiger partial charge in [0.25, 0.3) is 0 Å². The van der Waals surface area contributed by atoms with Crippen molar-refractivity contribution in [1.29, 1.82) is 0 Å². The Morgan fingerprint density at radius 3 is 2.04 bits per heavy atom. The molecule has 0 aliphatic rings. The molecule has 0 spiro atoms. The van der Waals surface area contributed by atoms with E-state index in [2.05, 4.69) is 106 Å². The van der Waals surface area contributed by atoms with Crippen LogP contribution in [0.4, 0.5) is 0 Å². The van der Waals surface area contributed by atoms with Gasteiger partial charge in [-0.2, -0.15) is 0 Å². The number of hydrogen-bond acceptors (Lipinski definition) is 3. The highest BCUT2D eigenvalue weighted by atomic mass is 14.9. The predicted molar refractivity (Wildman–Crippen MR) is 204 cm³/mol. The van der Waals surface area contributed by atoms with E-state index >= 15 is 0 Å². The van der Waals surface area contributed by atoms with Gasteiger partial charge in [-0.05, 0) is 74.1 Å². The van der Waals surface area contributed by atoms with Crippen LogP contribution in [0.25, 0.3) is 68.8 Å². The van der Waals surface area contributed by atoms with Crippen LogP contribution < -0.4 is 10.6 Å². The van der Waals surface area contributed by atoms with Gasteiger partial charge < -0.3 is 0 Å². The molecule has 0 atom stereocenters. The van der Waals surface area contributed by atoms with Crippen molar-refractivity contribution in [1.82, 2.24) is 15.0 Å². The Kier molecular flexibility index (Phi) is 11.0. The molecular formula is C44H43N3. The molecule has 2 heterocycles. The second kappa shape index (κ2) is 15.7. The van der Waals surface area contributed by atoms with Crippen LogP contribution in [0.3, 0.4) is 0 Å². The van der Waals surface area contributed by atoms with E-state index in [4.69, 9.17) is 15.0 Å². The molecule has 0 aliphatic heterocycles. The molecule has 0 saturated heterocycles. The molecule has 5 rings (SSSR count). The minimum absolute atomic E-state index is 0.723. The first-order chi connectivity index (χ1) is 23.0. The SMILES string of the molecule is C=C/C=c1/nc(-c2ccc(-c3ccc(-c4nc(C)cc(/C=C/C=C\C=C/C)n4)cc3)cc2)c2ccc(C)c(/C=C\CC)c2/c1=C/CC. The maximum absolute atomic E-state index is 5.22. The van der Waals surface area contributed by atoms with Crippen molar-refractivity contribution in [2.75, 3.05) is 0 Å². The van der Waals surface area contributed by atoms with Crippen LogP contribution in [-0.2, 0) is 0 Å².